The first-order valence-corrected chi connectivity index (χ1v) is 6.88. The Morgan fingerprint density at radius 2 is 1.95 bits per heavy atom. The van der Waals surface area contributed by atoms with Crippen LogP contribution in [0, 0.1) is 0 Å². The molecule has 0 saturated carbocycles. The van der Waals surface area contributed by atoms with E-state index in [-0.39, 0.29) is 5.78 Å². The molecule has 0 aliphatic heterocycles. The molecule has 100 valence electrons. The number of methoxy groups -OCH3 is 2. The number of carbonyl (C=O) groups excluding carboxylic acids is 1. The van der Waals surface area contributed by atoms with Gasteiger partial charge < -0.3 is 9.47 Å². The van der Waals surface area contributed by atoms with Crippen LogP contribution in [0.3, 0.4) is 0 Å². The van der Waals surface area contributed by atoms with Crippen molar-refractivity contribution in [3.05, 3.63) is 45.1 Å². The first-order valence-electron chi connectivity index (χ1n) is 5.62. The zero-order valence-corrected chi connectivity index (χ0v) is 12.2. The topological polar surface area (TPSA) is 35.5 Å². The van der Waals surface area contributed by atoms with Gasteiger partial charge in [0.25, 0.3) is 0 Å². The normalized spacial score (nSPS) is 10.3. The van der Waals surface area contributed by atoms with Crippen molar-refractivity contribution in [1.82, 2.24) is 0 Å². The molecule has 0 radical (unpaired) electrons. The molecular formula is C14H13ClO3S. The van der Waals surface area contributed by atoms with Crippen LogP contribution in [0.4, 0.5) is 0 Å². The largest absolute Gasteiger partial charge is 0.493 e. The van der Waals surface area contributed by atoms with Crippen LogP contribution in [0.5, 0.6) is 11.5 Å². The van der Waals surface area contributed by atoms with E-state index in [9.17, 15) is 4.79 Å². The average molecular weight is 297 g/mol. The SMILES string of the molecule is COc1ccc(CC(=O)c2sccc2Cl)cc1OC. The second kappa shape index (κ2) is 6.08. The molecule has 1 aromatic carbocycles. The zero-order chi connectivity index (χ0) is 13.8. The number of Topliss-reactive ketones (excluding diaryl/α,β-unsaturated/α-hetero) is 1. The number of thiophene rings is 1. The van der Waals surface area contributed by atoms with Gasteiger partial charge in [0.1, 0.15) is 0 Å². The Morgan fingerprint density at radius 3 is 2.53 bits per heavy atom. The van der Waals surface area contributed by atoms with E-state index in [0.717, 1.165) is 5.56 Å². The number of ketones is 1. The van der Waals surface area contributed by atoms with E-state index >= 15 is 0 Å². The van der Waals surface area contributed by atoms with Gasteiger partial charge in [0.2, 0.25) is 0 Å². The summed E-state index contributed by atoms with van der Waals surface area (Å²) in [6, 6.07) is 7.17. The Hall–Kier alpha value is -1.52. The lowest BCUT2D eigenvalue weighted by molar-refractivity contribution is 0.0997. The monoisotopic (exact) mass is 296 g/mol. The van der Waals surface area contributed by atoms with Gasteiger partial charge in [-0.1, -0.05) is 17.7 Å². The highest BCUT2D eigenvalue weighted by Crippen LogP contribution is 2.29. The minimum atomic E-state index is 0.00669. The van der Waals surface area contributed by atoms with Crippen LogP contribution in [-0.4, -0.2) is 20.0 Å². The minimum absolute atomic E-state index is 0.00669. The number of ether oxygens (including phenoxy) is 2. The molecule has 0 aliphatic rings. The summed E-state index contributed by atoms with van der Waals surface area (Å²) in [5.41, 5.74) is 0.868. The van der Waals surface area contributed by atoms with Crippen LogP contribution in [0.15, 0.2) is 29.6 Å². The molecule has 3 nitrogen and oxygen atoms in total. The van der Waals surface area contributed by atoms with E-state index < -0.39 is 0 Å². The van der Waals surface area contributed by atoms with Crippen molar-refractivity contribution >= 4 is 28.7 Å². The van der Waals surface area contributed by atoms with E-state index in [1.807, 2.05) is 11.4 Å². The highest BCUT2D eigenvalue weighted by atomic mass is 35.5. The Labute approximate surface area is 120 Å². The van der Waals surface area contributed by atoms with Gasteiger partial charge in [-0.15, -0.1) is 11.3 Å². The molecule has 5 heteroatoms. The van der Waals surface area contributed by atoms with Crippen molar-refractivity contribution in [2.75, 3.05) is 14.2 Å². The summed E-state index contributed by atoms with van der Waals surface area (Å²) in [6.45, 7) is 0. The summed E-state index contributed by atoms with van der Waals surface area (Å²) >= 11 is 7.31. The highest BCUT2D eigenvalue weighted by Gasteiger charge is 2.14. The first-order chi connectivity index (χ1) is 9.15. The van der Waals surface area contributed by atoms with Gasteiger partial charge in [-0.2, -0.15) is 0 Å². The molecule has 0 unspecified atom stereocenters. The van der Waals surface area contributed by atoms with Crippen molar-refractivity contribution in [1.29, 1.82) is 0 Å². The van der Waals surface area contributed by atoms with Crippen LogP contribution in [0.1, 0.15) is 15.2 Å². The summed E-state index contributed by atoms with van der Waals surface area (Å²) in [6.07, 6.45) is 0.292. The Kier molecular flexibility index (Phi) is 4.45. The van der Waals surface area contributed by atoms with Crippen LogP contribution >= 0.6 is 22.9 Å². The molecule has 0 atom stereocenters. The van der Waals surface area contributed by atoms with Crippen LogP contribution in [-0.2, 0) is 6.42 Å². The predicted octanol–water partition coefficient (Wildman–Crippen LogP) is 3.84. The molecule has 2 aromatic rings. The van der Waals surface area contributed by atoms with Gasteiger partial charge in [-0.25, -0.2) is 0 Å². The fourth-order valence-corrected chi connectivity index (χ4v) is 2.85. The molecule has 0 saturated heterocycles. The van der Waals surface area contributed by atoms with E-state index in [0.29, 0.717) is 27.8 Å². The Balaban J connectivity index is 2.20. The molecule has 0 N–H and O–H groups in total. The third-order valence-electron chi connectivity index (χ3n) is 2.68. The third kappa shape index (κ3) is 3.08. The lowest BCUT2D eigenvalue weighted by Gasteiger charge is -2.09. The lowest BCUT2D eigenvalue weighted by Crippen LogP contribution is -2.02. The van der Waals surface area contributed by atoms with Crippen molar-refractivity contribution < 1.29 is 14.3 Å². The summed E-state index contributed by atoms with van der Waals surface area (Å²) < 4.78 is 10.4. The first kappa shape index (κ1) is 13.9. The smallest absolute Gasteiger partial charge is 0.178 e. The maximum absolute atomic E-state index is 12.1. The quantitative estimate of drug-likeness (QED) is 0.786. The number of benzene rings is 1. The predicted molar refractivity (Wildman–Crippen MR) is 76.9 cm³/mol. The van der Waals surface area contributed by atoms with E-state index in [4.69, 9.17) is 21.1 Å². The van der Waals surface area contributed by atoms with E-state index in [2.05, 4.69) is 0 Å². The van der Waals surface area contributed by atoms with Crippen molar-refractivity contribution in [3.63, 3.8) is 0 Å². The van der Waals surface area contributed by atoms with Crippen LogP contribution in [0.25, 0.3) is 0 Å². The summed E-state index contributed by atoms with van der Waals surface area (Å²) in [4.78, 5) is 12.7. The number of hydrogen-bond acceptors (Lipinski definition) is 4. The van der Waals surface area contributed by atoms with Gasteiger partial charge in [0.15, 0.2) is 17.3 Å². The second-order valence-electron chi connectivity index (χ2n) is 3.89. The molecule has 0 bridgehead atoms. The fourth-order valence-electron chi connectivity index (χ4n) is 1.75. The Morgan fingerprint density at radius 1 is 1.21 bits per heavy atom. The lowest BCUT2D eigenvalue weighted by atomic mass is 10.1. The molecule has 0 fully saturated rings. The maximum atomic E-state index is 12.1. The summed E-state index contributed by atoms with van der Waals surface area (Å²) in [5, 5.41) is 2.32. The van der Waals surface area contributed by atoms with Gasteiger partial charge in [0.05, 0.1) is 24.1 Å². The molecule has 2 rings (SSSR count). The molecular weight excluding hydrogens is 284 g/mol. The average Bonchev–Trinajstić information content (AvgIpc) is 2.85. The molecule has 1 aromatic heterocycles. The van der Waals surface area contributed by atoms with Crippen molar-refractivity contribution in [2.45, 2.75) is 6.42 Å². The molecule has 0 aliphatic carbocycles. The van der Waals surface area contributed by atoms with Gasteiger partial charge in [-0.05, 0) is 29.1 Å². The summed E-state index contributed by atoms with van der Waals surface area (Å²) in [5.74, 6) is 1.27. The van der Waals surface area contributed by atoms with Crippen molar-refractivity contribution in [2.24, 2.45) is 0 Å². The molecule has 0 spiro atoms. The molecule has 0 amide bonds. The highest BCUT2D eigenvalue weighted by molar-refractivity contribution is 7.12. The maximum Gasteiger partial charge on any atom is 0.178 e. The van der Waals surface area contributed by atoms with Crippen molar-refractivity contribution in [3.8, 4) is 11.5 Å². The van der Waals surface area contributed by atoms with Gasteiger partial charge in [0, 0.05) is 6.42 Å². The van der Waals surface area contributed by atoms with Gasteiger partial charge >= 0.3 is 0 Å². The Bertz CT molecular complexity index is 592. The number of halogens is 1. The molecule has 1 heterocycles. The third-order valence-corrected chi connectivity index (χ3v) is 4.07. The van der Waals surface area contributed by atoms with Gasteiger partial charge in [-0.3, -0.25) is 4.79 Å². The van der Waals surface area contributed by atoms with E-state index in [1.54, 1.807) is 32.4 Å². The standard InChI is InChI=1S/C14H13ClO3S/c1-17-12-4-3-9(8-13(12)18-2)7-11(16)14-10(15)5-6-19-14/h3-6,8H,7H2,1-2H3. The fraction of sp³-hybridized carbons (Fsp3) is 0.214. The van der Waals surface area contributed by atoms with Crippen LogP contribution < -0.4 is 9.47 Å². The number of hydrogen-bond donors (Lipinski definition) is 0. The molecule has 19 heavy (non-hydrogen) atoms. The van der Waals surface area contributed by atoms with E-state index in [1.165, 1.54) is 11.3 Å². The number of rotatable bonds is 5. The zero-order valence-electron chi connectivity index (χ0n) is 10.6. The van der Waals surface area contributed by atoms with Crippen LogP contribution in [0.2, 0.25) is 5.02 Å². The number of carbonyl (C=O) groups is 1. The second-order valence-corrected chi connectivity index (χ2v) is 5.21. The minimum Gasteiger partial charge on any atom is -0.493 e. The summed E-state index contributed by atoms with van der Waals surface area (Å²) in [7, 11) is 3.15.